The number of pyridine rings is 1. The molecule has 1 N–H and O–H groups in total. The van der Waals surface area contributed by atoms with Crippen LogP contribution in [0.15, 0.2) is 53.4 Å². The molecule has 0 saturated heterocycles. The summed E-state index contributed by atoms with van der Waals surface area (Å²) >= 11 is 0. The van der Waals surface area contributed by atoms with Crippen molar-refractivity contribution >= 4 is 22.6 Å². The van der Waals surface area contributed by atoms with E-state index in [1.807, 2.05) is 5.32 Å². The molecule has 0 atom stereocenters. The van der Waals surface area contributed by atoms with Gasteiger partial charge in [-0.25, -0.2) is 4.68 Å². The van der Waals surface area contributed by atoms with Crippen LogP contribution < -0.4 is 5.32 Å². The van der Waals surface area contributed by atoms with Gasteiger partial charge in [0.05, 0.1) is 29.0 Å². The third kappa shape index (κ3) is 3.81. The Morgan fingerprint density at radius 3 is 2.52 bits per heavy atom. The minimum absolute atomic E-state index is 0.0478. The highest BCUT2D eigenvalue weighted by atomic mass is 19.4. The van der Waals surface area contributed by atoms with Crippen molar-refractivity contribution in [3.05, 3.63) is 65.9 Å². The molecule has 0 radical (unpaired) electrons. The van der Waals surface area contributed by atoms with Crippen molar-refractivity contribution < 1.29 is 35.7 Å². The highest BCUT2D eigenvalue weighted by molar-refractivity contribution is 6.05. The van der Waals surface area contributed by atoms with Gasteiger partial charge in [-0.2, -0.15) is 31.4 Å². The molecule has 3 heterocycles. The Kier molecular flexibility index (Phi) is 4.67. The van der Waals surface area contributed by atoms with Crippen molar-refractivity contribution in [2.45, 2.75) is 12.4 Å². The van der Waals surface area contributed by atoms with Gasteiger partial charge in [0.1, 0.15) is 5.69 Å². The van der Waals surface area contributed by atoms with Crippen molar-refractivity contribution in [1.82, 2.24) is 19.9 Å². The Balaban J connectivity index is 1.76. The lowest BCUT2D eigenvalue weighted by Crippen LogP contribution is -2.21. The van der Waals surface area contributed by atoms with E-state index in [0.717, 1.165) is 12.3 Å². The average molecular weight is 441 g/mol. The van der Waals surface area contributed by atoms with E-state index < -0.39 is 35.2 Å². The molecule has 4 rings (SSSR count). The van der Waals surface area contributed by atoms with Gasteiger partial charge in [-0.15, -0.1) is 0 Å². The van der Waals surface area contributed by atoms with E-state index in [-0.39, 0.29) is 22.3 Å². The molecule has 0 aliphatic carbocycles. The van der Waals surface area contributed by atoms with Crippen LogP contribution in [0.2, 0.25) is 0 Å². The highest BCUT2D eigenvalue weighted by Crippen LogP contribution is 2.36. The summed E-state index contributed by atoms with van der Waals surface area (Å²) < 4.78 is 85.3. The van der Waals surface area contributed by atoms with Crippen molar-refractivity contribution in [1.29, 1.82) is 0 Å². The largest absolute Gasteiger partial charge is 0.434 e. The predicted octanol–water partition coefficient (Wildman–Crippen LogP) is 4.70. The predicted molar refractivity (Wildman–Crippen MR) is 93.3 cm³/mol. The topological polar surface area (TPSA) is 85.8 Å². The zero-order valence-electron chi connectivity index (χ0n) is 15.0. The lowest BCUT2D eigenvalue weighted by molar-refractivity contribution is -0.143. The van der Waals surface area contributed by atoms with E-state index in [1.165, 1.54) is 24.4 Å². The number of benzene rings is 1. The van der Waals surface area contributed by atoms with Crippen molar-refractivity contribution in [2.75, 3.05) is 5.32 Å². The van der Waals surface area contributed by atoms with E-state index in [0.29, 0.717) is 16.9 Å². The van der Waals surface area contributed by atoms with E-state index >= 15 is 0 Å². The summed E-state index contributed by atoms with van der Waals surface area (Å²) in [6.07, 6.45) is -7.16. The van der Waals surface area contributed by atoms with Crippen LogP contribution in [0.1, 0.15) is 21.7 Å². The number of amides is 1. The fourth-order valence-electron chi connectivity index (χ4n) is 2.89. The molecule has 1 aromatic carbocycles. The molecule has 160 valence electrons. The number of carbonyl (C=O) groups excluding carboxylic acids is 1. The molecule has 0 aliphatic heterocycles. The van der Waals surface area contributed by atoms with Crippen molar-refractivity contribution in [2.24, 2.45) is 0 Å². The number of carbonyl (C=O) groups is 1. The first-order valence-electron chi connectivity index (χ1n) is 8.39. The summed E-state index contributed by atoms with van der Waals surface area (Å²) in [5.41, 5.74) is -3.84. The molecule has 4 aromatic rings. The molecule has 0 bridgehead atoms. The van der Waals surface area contributed by atoms with Crippen molar-refractivity contribution in [3.63, 3.8) is 0 Å². The van der Waals surface area contributed by atoms with Gasteiger partial charge < -0.3 is 9.84 Å². The number of hydrogen-bond donors (Lipinski definition) is 1. The van der Waals surface area contributed by atoms with Crippen LogP contribution in [0.5, 0.6) is 0 Å². The Hall–Kier alpha value is -3.90. The molecule has 13 heteroatoms. The number of aromatic nitrogens is 4. The Morgan fingerprint density at radius 2 is 1.81 bits per heavy atom. The second kappa shape index (κ2) is 7.11. The van der Waals surface area contributed by atoms with Gasteiger partial charge in [0.25, 0.3) is 5.91 Å². The lowest BCUT2D eigenvalue weighted by atomic mass is 10.2. The number of hydrogen-bond acceptors (Lipinski definition) is 5. The molecular formula is C18H9F6N5O2. The number of halogens is 6. The molecular weight excluding hydrogens is 432 g/mol. The van der Waals surface area contributed by atoms with E-state index in [4.69, 9.17) is 4.52 Å². The average Bonchev–Trinajstić information content (AvgIpc) is 3.34. The second-order valence-electron chi connectivity index (χ2n) is 6.21. The summed E-state index contributed by atoms with van der Waals surface area (Å²) in [5, 5.41) is 9.44. The number of fused-ring (bicyclic) bond motifs is 1. The molecule has 0 aliphatic rings. The van der Waals surface area contributed by atoms with E-state index in [9.17, 15) is 31.1 Å². The Morgan fingerprint density at radius 1 is 1.03 bits per heavy atom. The van der Waals surface area contributed by atoms with E-state index in [1.54, 1.807) is 0 Å². The van der Waals surface area contributed by atoms with Gasteiger partial charge in [-0.05, 0) is 24.3 Å². The number of anilines is 1. The van der Waals surface area contributed by atoms with Crippen LogP contribution in [-0.2, 0) is 12.4 Å². The summed E-state index contributed by atoms with van der Waals surface area (Å²) in [6, 6.07) is 5.75. The van der Waals surface area contributed by atoms with Crippen LogP contribution in [-0.4, -0.2) is 25.8 Å². The zero-order chi connectivity index (χ0) is 22.4. The highest BCUT2D eigenvalue weighted by Gasteiger charge is 2.41. The summed E-state index contributed by atoms with van der Waals surface area (Å²) in [6.45, 7) is 0. The standard InChI is InChI=1S/C18H9F6N5O2/c19-17(20,21)14-6-9(4-5-25-14)28-16(30)11-7-26-29(15(11)18(22,23)24)12-2-1-3-13-10(12)8-27-31-13/h1-8H,(H,25,28,30). The lowest BCUT2D eigenvalue weighted by Gasteiger charge is -2.13. The van der Waals surface area contributed by atoms with E-state index in [2.05, 4.69) is 15.2 Å². The smallest absolute Gasteiger partial charge is 0.356 e. The maximum atomic E-state index is 13.8. The van der Waals surface area contributed by atoms with Crippen LogP contribution in [0.25, 0.3) is 16.7 Å². The first kappa shape index (κ1) is 20.4. The Labute approximate surface area is 168 Å². The summed E-state index contributed by atoms with van der Waals surface area (Å²) in [7, 11) is 0. The summed E-state index contributed by atoms with van der Waals surface area (Å²) in [4.78, 5) is 15.6. The number of rotatable bonds is 3. The molecule has 0 spiro atoms. The zero-order valence-corrected chi connectivity index (χ0v) is 15.0. The minimum atomic E-state index is -5.02. The normalized spacial score (nSPS) is 12.3. The molecule has 3 aromatic heterocycles. The third-order valence-electron chi connectivity index (χ3n) is 4.19. The van der Waals surface area contributed by atoms with Gasteiger partial charge in [0, 0.05) is 11.9 Å². The van der Waals surface area contributed by atoms with Gasteiger partial charge in [-0.3, -0.25) is 9.78 Å². The molecule has 31 heavy (non-hydrogen) atoms. The number of nitrogens with one attached hydrogen (secondary N) is 1. The van der Waals surface area contributed by atoms with Gasteiger partial charge in [0.2, 0.25) is 0 Å². The van der Waals surface area contributed by atoms with Crippen LogP contribution in [0.4, 0.5) is 32.0 Å². The number of alkyl halides is 6. The maximum Gasteiger partial charge on any atom is 0.434 e. The third-order valence-corrected chi connectivity index (χ3v) is 4.19. The maximum absolute atomic E-state index is 13.8. The van der Waals surface area contributed by atoms with Crippen LogP contribution >= 0.6 is 0 Å². The van der Waals surface area contributed by atoms with Gasteiger partial charge in [-0.1, -0.05) is 11.2 Å². The monoisotopic (exact) mass is 441 g/mol. The molecule has 7 nitrogen and oxygen atoms in total. The minimum Gasteiger partial charge on any atom is -0.356 e. The first-order chi connectivity index (χ1) is 14.6. The first-order valence-corrected chi connectivity index (χ1v) is 8.39. The molecule has 0 unspecified atom stereocenters. The van der Waals surface area contributed by atoms with Gasteiger partial charge >= 0.3 is 12.4 Å². The van der Waals surface area contributed by atoms with Crippen molar-refractivity contribution in [3.8, 4) is 5.69 Å². The molecule has 1 amide bonds. The fourth-order valence-corrected chi connectivity index (χ4v) is 2.89. The number of nitrogens with zero attached hydrogens (tertiary/aromatic N) is 4. The quantitative estimate of drug-likeness (QED) is 0.466. The second-order valence-corrected chi connectivity index (χ2v) is 6.21. The Bertz CT molecular complexity index is 1270. The van der Waals surface area contributed by atoms with Gasteiger partial charge in [0.15, 0.2) is 11.3 Å². The van der Waals surface area contributed by atoms with Crippen LogP contribution in [0, 0.1) is 0 Å². The fraction of sp³-hybridized carbons (Fsp3) is 0.111. The van der Waals surface area contributed by atoms with Crippen LogP contribution in [0.3, 0.4) is 0 Å². The SMILES string of the molecule is O=C(Nc1ccnc(C(F)(F)F)c1)c1cnn(-c2cccc3oncc23)c1C(F)(F)F. The molecule has 0 fully saturated rings. The molecule has 0 saturated carbocycles. The summed E-state index contributed by atoms with van der Waals surface area (Å²) in [5.74, 6) is -1.30.